The van der Waals surface area contributed by atoms with Gasteiger partial charge in [-0.2, -0.15) is 13.2 Å². The molecule has 0 spiro atoms. The third-order valence-electron chi connectivity index (χ3n) is 4.80. The normalized spacial score (nSPS) is 12.0. The van der Waals surface area contributed by atoms with E-state index in [1.54, 1.807) is 24.7 Å². The quantitative estimate of drug-likeness (QED) is 0.588. The van der Waals surface area contributed by atoms with Gasteiger partial charge in [-0.15, -0.1) is 5.10 Å². The SMILES string of the molecule is CCN(CCN(C)CC(F)(F)F)C(=O)c1nnn(-c2ccc3ncccc3c2)c1C. The number of rotatable bonds is 7. The number of alkyl halides is 3. The fourth-order valence-corrected chi connectivity index (χ4v) is 3.20. The number of carbonyl (C=O) groups excluding carboxylic acids is 1. The summed E-state index contributed by atoms with van der Waals surface area (Å²) in [7, 11) is 1.38. The lowest BCUT2D eigenvalue weighted by atomic mass is 10.2. The molecule has 2 heterocycles. The highest BCUT2D eigenvalue weighted by Gasteiger charge is 2.29. The number of nitrogens with zero attached hydrogens (tertiary/aromatic N) is 6. The van der Waals surface area contributed by atoms with Crippen LogP contribution in [0.2, 0.25) is 0 Å². The molecule has 0 radical (unpaired) electrons. The highest BCUT2D eigenvalue weighted by molar-refractivity contribution is 5.93. The maximum Gasteiger partial charge on any atom is 0.401 e. The summed E-state index contributed by atoms with van der Waals surface area (Å²) in [6.45, 7) is 3.11. The molecule has 0 aliphatic carbocycles. The monoisotopic (exact) mass is 420 g/mol. The van der Waals surface area contributed by atoms with E-state index in [1.165, 1.54) is 11.9 Å². The Labute approximate surface area is 172 Å². The Balaban J connectivity index is 1.76. The predicted molar refractivity (Wildman–Crippen MR) is 107 cm³/mol. The molecule has 1 aromatic carbocycles. The van der Waals surface area contributed by atoms with E-state index in [0.29, 0.717) is 12.2 Å². The Morgan fingerprint density at radius 1 is 1.20 bits per heavy atom. The molecule has 0 aliphatic heterocycles. The molecule has 0 bridgehead atoms. The van der Waals surface area contributed by atoms with Crippen molar-refractivity contribution in [2.45, 2.75) is 20.0 Å². The summed E-state index contributed by atoms with van der Waals surface area (Å²) >= 11 is 0. The number of pyridine rings is 1. The molecule has 10 heteroatoms. The number of fused-ring (bicyclic) bond motifs is 1. The molecule has 3 rings (SSSR count). The molecule has 0 fully saturated rings. The Kier molecular flexibility index (Phi) is 6.35. The first-order valence-electron chi connectivity index (χ1n) is 9.51. The number of benzene rings is 1. The standard InChI is InChI=1S/C20H23F3N6O/c1-4-28(11-10-27(3)13-20(21,22)23)19(30)18-14(2)29(26-25-18)16-7-8-17-15(12-16)6-5-9-24-17/h5-9,12H,4,10-11,13H2,1-3H3. The lowest BCUT2D eigenvalue weighted by molar-refractivity contribution is -0.143. The zero-order chi connectivity index (χ0) is 21.9. The van der Waals surface area contributed by atoms with Crippen LogP contribution in [0.1, 0.15) is 23.1 Å². The van der Waals surface area contributed by atoms with E-state index in [2.05, 4.69) is 15.3 Å². The largest absolute Gasteiger partial charge is 0.401 e. The summed E-state index contributed by atoms with van der Waals surface area (Å²) in [5, 5.41) is 9.09. The summed E-state index contributed by atoms with van der Waals surface area (Å²) < 4.78 is 39.1. The maximum absolute atomic E-state index is 12.9. The van der Waals surface area contributed by atoms with Crippen molar-refractivity contribution in [1.29, 1.82) is 0 Å². The fraction of sp³-hybridized carbons (Fsp3) is 0.400. The molecule has 0 N–H and O–H groups in total. The molecule has 0 saturated carbocycles. The van der Waals surface area contributed by atoms with Crippen LogP contribution in [-0.2, 0) is 0 Å². The number of likely N-dealkylation sites (N-methyl/N-ethyl adjacent to an activating group) is 2. The van der Waals surface area contributed by atoms with Crippen molar-refractivity contribution in [1.82, 2.24) is 29.8 Å². The van der Waals surface area contributed by atoms with Gasteiger partial charge in [0.2, 0.25) is 0 Å². The lowest BCUT2D eigenvalue weighted by Crippen LogP contribution is -2.40. The molecular weight excluding hydrogens is 397 g/mol. The average Bonchev–Trinajstić information content (AvgIpc) is 3.08. The second-order valence-electron chi connectivity index (χ2n) is 7.05. The first-order chi connectivity index (χ1) is 14.2. The minimum atomic E-state index is -4.27. The molecule has 0 atom stereocenters. The van der Waals surface area contributed by atoms with Crippen molar-refractivity contribution in [3.63, 3.8) is 0 Å². The molecule has 0 aliphatic rings. The first-order valence-corrected chi connectivity index (χ1v) is 9.51. The highest BCUT2D eigenvalue weighted by Crippen LogP contribution is 2.19. The van der Waals surface area contributed by atoms with Crippen molar-refractivity contribution in [2.75, 3.05) is 33.2 Å². The van der Waals surface area contributed by atoms with Gasteiger partial charge in [0, 0.05) is 31.2 Å². The molecule has 30 heavy (non-hydrogen) atoms. The molecule has 1 amide bonds. The van der Waals surface area contributed by atoms with Gasteiger partial charge in [-0.1, -0.05) is 11.3 Å². The van der Waals surface area contributed by atoms with Crippen molar-refractivity contribution in [3.05, 3.63) is 47.9 Å². The second-order valence-corrected chi connectivity index (χ2v) is 7.05. The van der Waals surface area contributed by atoms with Crippen LogP contribution >= 0.6 is 0 Å². The summed E-state index contributed by atoms with van der Waals surface area (Å²) in [6.07, 6.45) is -2.56. The number of aromatic nitrogens is 4. The summed E-state index contributed by atoms with van der Waals surface area (Å²) in [5.74, 6) is -0.357. The summed E-state index contributed by atoms with van der Waals surface area (Å²) in [6, 6.07) is 9.38. The van der Waals surface area contributed by atoms with Crippen LogP contribution in [0.15, 0.2) is 36.5 Å². The van der Waals surface area contributed by atoms with Crippen LogP contribution in [0.25, 0.3) is 16.6 Å². The van der Waals surface area contributed by atoms with Gasteiger partial charge < -0.3 is 4.90 Å². The van der Waals surface area contributed by atoms with Crippen LogP contribution in [0.3, 0.4) is 0 Å². The van der Waals surface area contributed by atoms with Gasteiger partial charge in [0.1, 0.15) is 0 Å². The second kappa shape index (κ2) is 8.78. The molecule has 3 aromatic rings. The zero-order valence-corrected chi connectivity index (χ0v) is 17.0. The maximum atomic E-state index is 12.9. The number of halogens is 3. The average molecular weight is 420 g/mol. The van der Waals surface area contributed by atoms with Gasteiger partial charge in [0.05, 0.1) is 23.4 Å². The van der Waals surface area contributed by atoms with E-state index in [-0.39, 0.29) is 24.7 Å². The predicted octanol–water partition coefficient (Wildman–Crippen LogP) is 3.08. The lowest BCUT2D eigenvalue weighted by Gasteiger charge is -2.24. The van der Waals surface area contributed by atoms with Gasteiger partial charge >= 0.3 is 6.18 Å². The number of hydrogen-bond donors (Lipinski definition) is 0. The molecular formula is C20H23F3N6O. The van der Waals surface area contributed by atoms with Gasteiger partial charge in [0.15, 0.2) is 5.69 Å². The first kappa shape index (κ1) is 21.7. The van der Waals surface area contributed by atoms with E-state index >= 15 is 0 Å². The Hall–Kier alpha value is -3.01. The van der Waals surface area contributed by atoms with E-state index in [0.717, 1.165) is 21.5 Å². The van der Waals surface area contributed by atoms with Gasteiger partial charge in [-0.25, -0.2) is 4.68 Å². The van der Waals surface area contributed by atoms with Crippen LogP contribution in [0.4, 0.5) is 13.2 Å². The molecule has 2 aromatic heterocycles. The van der Waals surface area contributed by atoms with Crippen LogP contribution < -0.4 is 0 Å². The Morgan fingerprint density at radius 2 is 1.97 bits per heavy atom. The number of carbonyl (C=O) groups is 1. The van der Waals surface area contributed by atoms with E-state index in [9.17, 15) is 18.0 Å². The molecule has 160 valence electrons. The van der Waals surface area contributed by atoms with Gasteiger partial charge in [-0.3, -0.25) is 14.7 Å². The summed E-state index contributed by atoms with van der Waals surface area (Å²) in [5.41, 5.74) is 2.33. The fourth-order valence-electron chi connectivity index (χ4n) is 3.20. The van der Waals surface area contributed by atoms with Crippen molar-refractivity contribution >= 4 is 16.8 Å². The van der Waals surface area contributed by atoms with Crippen molar-refractivity contribution < 1.29 is 18.0 Å². The molecule has 7 nitrogen and oxygen atoms in total. The number of amides is 1. The minimum Gasteiger partial charge on any atom is -0.336 e. The highest BCUT2D eigenvalue weighted by atomic mass is 19.4. The Morgan fingerprint density at radius 3 is 2.67 bits per heavy atom. The van der Waals surface area contributed by atoms with Crippen LogP contribution in [-0.4, -0.2) is 75.1 Å². The van der Waals surface area contributed by atoms with Gasteiger partial charge in [0.25, 0.3) is 5.91 Å². The van der Waals surface area contributed by atoms with Gasteiger partial charge in [-0.05, 0) is 45.2 Å². The Bertz CT molecular complexity index is 1030. The number of hydrogen-bond acceptors (Lipinski definition) is 5. The minimum absolute atomic E-state index is 0.101. The third kappa shape index (κ3) is 4.93. The smallest absolute Gasteiger partial charge is 0.336 e. The van der Waals surface area contributed by atoms with E-state index in [4.69, 9.17) is 0 Å². The topological polar surface area (TPSA) is 67.2 Å². The van der Waals surface area contributed by atoms with Crippen LogP contribution in [0.5, 0.6) is 0 Å². The van der Waals surface area contributed by atoms with Crippen LogP contribution in [0, 0.1) is 6.92 Å². The van der Waals surface area contributed by atoms with E-state index in [1.807, 2.05) is 30.3 Å². The zero-order valence-electron chi connectivity index (χ0n) is 17.0. The van der Waals surface area contributed by atoms with Crippen molar-refractivity contribution in [3.8, 4) is 5.69 Å². The molecule has 0 unspecified atom stereocenters. The van der Waals surface area contributed by atoms with E-state index < -0.39 is 12.7 Å². The molecule has 0 saturated heterocycles. The third-order valence-corrected chi connectivity index (χ3v) is 4.80. The summed E-state index contributed by atoms with van der Waals surface area (Å²) in [4.78, 5) is 19.8. The van der Waals surface area contributed by atoms with Crippen molar-refractivity contribution in [2.24, 2.45) is 0 Å².